The first-order valence-corrected chi connectivity index (χ1v) is 9.69. The summed E-state index contributed by atoms with van der Waals surface area (Å²) in [7, 11) is -2.04. The number of sulfonamides is 1. The Kier molecular flexibility index (Phi) is 5.24. The zero-order chi connectivity index (χ0) is 19.4. The first kappa shape index (κ1) is 18.6. The summed E-state index contributed by atoms with van der Waals surface area (Å²) in [6.07, 6.45) is 1.61. The molecule has 1 heterocycles. The largest absolute Gasteiger partial charge is 0.496 e. The number of nitrogens with two attached hydrogens (primary N) is 2. The maximum absolute atomic E-state index is 11.3. The minimum atomic E-state index is -3.62. The third kappa shape index (κ3) is 4.72. The molecule has 0 aliphatic rings. The number of nitrogens with zero attached hydrogens (tertiary/aromatic N) is 2. The van der Waals surface area contributed by atoms with Gasteiger partial charge in [-0.05, 0) is 23.8 Å². The molecule has 9 heteroatoms. The average Bonchev–Trinajstić information content (AvgIpc) is 2.61. The number of para-hydroxylation sites is 1. The molecule has 0 radical (unpaired) electrons. The van der Waals surface area contributed by atoms with Crippen molar-refractivity contribution < 1.29 is 13.2 Å². The van der Waals surface area contributed by atoms with Gasteiger partial charge in [0.05, 0.1) is 12.9 Å². The summed E-state index contributed by atoms with van der Waals surface area (Å²) in [5, 5.41) is 8.29. The number of benzene rings is 2. The summed E-state index contributed by atoms with van der Waals surface area (Å²) in [5.41, 5.74) is 8.44. The van der Waals surface area contributed by atoms with Crippen LogP contribution in [0.1, 0.15) is 5.56 Å². The molecule has 27 heavy (non-hydrogen) atoms. The number of hydrogen-bond donors (Lipinski definition) is 3. The Morgan fingerprint density at radius 1 is 1.11 bits per heavy atom. The lowest BCUT2D eigenvalue weighted by atomic mass is 10.1. The number of ether oxygens (including phenoxy) is 1. The minimum absolute atomic E-state index is 0.108. The molecule has 2 aromatic carbocycles. The Balaban J connectivity index is 2.01. The van der Waals surface area contributed by atoms with Crippen LogP contribution in [0.25, 0.3) is 11.1 Å². The van der Waals surface area contributed by atoms with Crippen molar-refractivity contribution in [2.45, 2.75) is 5.75 Å². The second-order valence-corrected chi connectivity index (χ2v) is 7.44. The van der Waals surface area contributed by atoms with E-state index in [4.69, 9.17) is 15.6 Å². The van der Waals surface area contributed by atoms with E-state index in [9.17, 15) is 8.42 Å². The van der Waals surface area contributed by atoms with Gasteiger partial charge in [-0.2, -0.15) is 4.98 Å². The van der Waals surface area contributed by atoms with E-state index in [1.54, 1.807) is 37.6 Å². The van der Waals surface area contributed by atoms with Crippen LogP contribution in [-0.2, 0) is 15.8 Å². The number of primary sulfonamides is 1. The van der Waals surface area contributed by atoms with E-state index in [-0.39, 0.29) is 11.7 Å². The standard InChI is InChI=1S/C18H19N5O3S/c1-26-16-8-3-2-7-14(16)15-10-21-18(19)23-17(15)22-13-6-4-5-12(9-13)11-27(20,24)25/h2-10H,11H2,1H3,(H2,20,24,25)(H3,19,21,22,23). The van der Waals surface area contributed by atoms with E-state index < -0.39 is 10.0 Å². The van der Waals surface area contributed by atoms with Crippen molar-refractivity contribution in [2.75, 3.05) is 18.2 Å². The number of hydrogen-bond acceptors (Lipinski definition) is 7. The molecule has 0 amide bonds. The molecule has 5 N–H and O–H groups in total. The van der Waals surface area contributed by atoms with Crippen LogP contribution in [0.3, 0.4) is 0 Å². The van der Waals surface area contributed by atoms with Gasteiger partial charge in [-0.3, -0.25) is 0 Å². The number of nitrogens with one attached hydrogen (secondary N) is 1. The van der Waals surface area contributed by atoms with Gasteiger partial charge in [0.15, 0.2) is 0 Å². The van der Waals surface area contributed by atoms with Gasteiger partial charge in [0.2, 0.25) is 16.0 Å². The van der Waals surface area contributed by atoms with Crippen LogP contribution in [0.5, 0.6) is 5.75 Å². The molecule has 0 fully saturated rings. The maximum Gasteiger partial charge on any atom is 0.221 e. The van der Waals surface area contributed by atoms with Crippen LogP contribution in [0, 0.1) is 0 Å². The first-order valence-electron chi connectivity index (χ1n) is 7.98. The van der Waals surface area contributed by atoms with Crippen molar-refractivity contribution in [3.05, 3.63) is 60.3 Å². The van der Waals surface area contributed by atoms with Crippen molar-refractivity contribution >= 4 is 27.5 Å². The van der Waals surface area contributed by atoms with Gasteiger partial charge in [-0.15, -0.1) is 0 Å². The van der Waals surface area contributed by atoms with Crippen molar-refractivity contribution in [2.24, 2.45) is 5.14 Å². The lowest BCUT2D eigenvalue weighted by Crippen LogP contribution is -2.14. The van der Waals surface area contributed by atoms with Crippen LogP contribution >= 0.6 is 0 Å². The fourth-order valence-electron chi connectivity index (χ4n) is 2.66. The topological polar surface area (TPSA) is 133 Å². The van der Waals surface area contributed by atoms with Gasteiger partial charge in [0.1, 0.15) is 11.6 Å². The monoisotopic (exact) mass is 385 g/mol. The van der Waals surface area contributed by atoms with Gasteiger partial charge < -0.3 is 15.8 Å². The highest BCUT2D eigenvalue weighted by Crippen LogP contribution is 2.35. The minimum Gasteiger partial charge on any atom is -0.496 e. The van der Waals surface area contributed by atoms with Gasteiger partial charge in [0.25, 0.3) is 0 Å². The van der Waals surface area contributed by atoms with Crippen LogP contribution in [0.2, 0.25) is 0 Å². The highest BCUT2D eigenvalue weighted by Gasteiger charge is 2.13. The van der Waals surface area contributed by atoms with E-state index >= 15 is 0 Å². The van der Waals surface area contributed by atoms with E-state index in [1.807, 2.05) is 24.3 Å². The van der Waals surface area contributed by atoms with Crippen molar-refractivity contribution in [3.8, 4) is 16.9 Å². The highest BCUT2D eigenvalue weighted by atomic mass is 32.2. The molecule has 0 aliphatic carbocycles. The van der Waals surface area contributed by atoms with Gasteiger partial charge in [-0.1, -0.05) is 30.3 Å². The lowest BCUT2D eigenvalue weighted by Gasteiger charge is -2.14. The van der Waals surface area contributed by atoms with Crippen LogP contribution in [0.4, 0.5) is 17.5 Å². The molecule has 3 aromatic rings. The first-order chi connectivity index (χ1) is 12.9. The number of rotatable bonds is 6. The Hall–Kier alpha value is -3.17. The molecule has 140 valence electrons. The molecule has 0 saturated heterocycles. The van der Waals surface area contributed by atoms with Gasteiger partial charge in [-0.25, -0.2) is 18.5 Å². The van der Waals surface area contributed by atoms with Crippen molar-refractivity contribution in [1.29, 1.82) is 0 Å². The lowest BCUT2D eigenvalue weighted by molar-refractivity contribution is 0.416. The van der Waals surface area contributed by atoms with Crippen LogP contribution in [-0.4, -0.2) is 25.5 Å². The fraction of sp³-hybridized carbons (Fsp3) is 0.111. The second-order valence-electron chi connectivity index (χ2n) is 5.82. The van der Waals surface area contributed by atoms with Crippen molar-refractivity contribution in [1.82, 2.24) is 9.97 Å². The Labute approximate surface area is 157 Å². The second kappa shape index (κ2) is 7.60. The molecule has 0 spiro atoms. The predicted octanol–water partition coefficient (Wildman–Crippen LogP) is 2.27. The molecule has 0 unspecified atom stereocenters. The predicted molar refractivity (Wildman–Crippen MR) is 105 cm³/mol. The molecule has 3 rings (SSSR count). The summed E-state index contributed by atoms with van der Waals surface area (Å²) in [6.45, 7) is 0. The zero-order valence-electron chi connectivity index (χ0n) is 14.6. The zero-order valence-corrected chi connectivity index (χ0v) is 15.4. The summed E-state index contributed by atoms with van der Waals surface area (Å²) in [4.78, 5) is 8.36. The Morgan fingerprint density at radius 2 is 1.89 bits per heavy atom. The fourth-order valence-corrected chi connectivity index (χ4v) is 3.31. The summed E-state index contributed by atoms with van der Waals surface area (Å²) >= 11 is 0. The molecule has 0 atom stereocenters. The quantitative estimate of drug-likeness (QED) is 0.592. The molecule has 1 aromatic heterocycles. The van der Waals surface area contributed by atoms with Gasteiger partial charge >= 0.3 is 0 Å². The summed E-state index contributed by atoms with van der Waals surface area (Å²) in [6, 6.07) is 14.4. The Morgan fingerprint density at radius 3 is 2.63 bits per heavy atom. The normalized spacial score (nSPS) is 11.2. The molecular weight excluding hydrogens is 366 g/mol. The molecule has 0 aliphatic heterocycles. The maximum atomic E-state index is 11.3. The van der Waals surface area contributed by atoms with E-state index in [0.717, 1.165) is 5.56 Å². The van der Waals surface area contributed by atoms with E-state index in [1.165, 1.54) is 0 Å². The van der Waals surface area contributed by atoms with Crippen LogP contribution in [0.15, 0.2) is 54.7 Å². The van der Waals surface area contributed by atoms with Crippen LogP contribution < -0.4 is 20.9 Å². The number of methoxy groups -OCH3 is 1. The number of nitrogen functional groups attached to an aromatic ring is 1. The number of anilines is 3. The van der Waals surface area contributed by atoms with Gasteiger partial charge in [0, 0.05) is 23.0 Å². The van der Waals surface area contributed by atoms with E-state index in [2.05, 4.69) is 15.3 Å². The molecular formula is C18H19N5O3S. The average molecular weight is 385 g/mol. The Bertz CT molecular complexity index is 1070. The molecule has 0 bridgehead atoms. The smallest absolute Gasteiger partial charge is 0.221 e. The molecule has 8 nitrogen and oxygen atoms in total. The third-order valence-corrected chi connectivity index (χ3v) is 4.50. The van der Waals surface area contributed by atoms with E-state index in [0.29, 0.717) is 28.4 Å². The number of aromatic nitrogens is 2. The molecule has 0 saturated carbocycles. The summed E-state index contributed by atoms with van der Waals surface area (Å²) < 4.78 is 28.1. The SMILES string of the molecule is COc1ccccc1-c1cnc(N)nc1Nc1cccc(CS(N)(=O)=O)c1. The summed E-state index contributed by atoms with van der Waals surface area (Å²) in [5.74, 6) is 0.988. The third-order valence-electron chi connectivity index (χ3n) is 3.76. The highest BCUT2D eigenvalue weighted by molar-refractivity contribution is 7.88. The van der Waals surface area contributed by atoms with Crippen molar-refractivity contribution in [3.63, 3.8) is 0 Å².